The summed E-state index contributed by atoms with van der Waals surface area (Å²) in [5, 5.41) is 8.95. The minimum Gasteiger partial charge on any atom is -0.392 e. The van der Waals surface area contributed by atoms with Crippen LogP contribution in [0.25, 0.3) is 0 Å². The number of hydrogen-bond acceptors (Lipinski definition) is 4. The van der Waals surface area contributed by atoms with Crippen molar-refractivity contribution in [2.45, 2.75) is 32.0 Å². The first-order valence-corrected chi connectivity index (χ1v) is 6.18. The third kappa shape index (κ3) is 3.41. The molecule has 0 saturated carbocycles. The molecule has 0 aliphatic carbocycles. The number of nitrogens with zero attached hydrogens (tertiary/aromatic N) is 2. The Balaban J connectivity index is 1.91. The van der Waals surface area contributed by atoms with Crippen molar-refractivity contribution in [3.63, 3.8) is 0 Å². The maximum absolute atomic E-state index is 8.95. The Morgan fingerprint density at radius 1 is 1.47 bits per heavy atom. The first-order chi connectivity index (χ1) is 8.29. The summed E-state index contributed by atoms with van der Waals surface area (Å²) in [7, 11) is 2.03. The van der Waals surface area contributed by atoms with Crippen molar-refractivity contribution < 1.29 is 9.84 Å². The van der Waals surface area contributed by atoms with E-state index in [4.69, 9.17) is 9.84 Å². The van der Waals surface area contributed by atoms with Gasteiger partial charge in [-0.3, -0.25) is 0 Å². The Morgan fingerprint density at radius 2 is 2.35 bits per heavy atom. The molecule has 1 fully saturated rings. The summed E-state index contributed by atoms with van der Waals surface area (Å²) in [6.07, 6.45) is 5.62. The van der Waals surface area contributed by atoms with Gasteiger partial charge in [-0.1, -0.05) is 6.07 Å². The Kier molecular flexibility index (Phi) is 4.34. The van der Waals surface area contributed by atoms with Gasteiger partial charge in [-0.2, -0.15) is 0 Å². The van der Waals surface area contributed by atoms with Crippen molar-refractivity contribution in [3.8, 4) is 0 Å². The van der Waals surface area contributed by atoms with Crippen LogP contribution in [0, 0.1) is 0 Å². The highest BCUT2D eigenvalue weighted by atomic mass is 16.5. The fourth-order valence-electron chi connectivity index (χ4n) is 2.09. The highest BCUT2D eigenvalue weighted by molar-refractivity contribution is 5.38. The molecular formula is C13H20N2O2. The summed E-state index contributed by atoms with van der Waals surface area (Å²) < 4.78 is 5.71. The zero-order chi connectivity index (χ0) is 12.1. The third-order valence-corrected chi connectivity index (χ3v) is 3.13. The molecule has 0 amide bonds. The molecule has 1 aliphatic heterocycles. The molecule has 1 unspecified atom stereocenters. The topological polar surface area (TPSA) is 45.6 Å². The van der Waals surface area contributed by atoms with Gasteiger partial charge in [-0.15, -0.1) is 0 Å². The van der Waals surface area contributed by atoms with Crippen molar-refractivity contribution in [2.75, 3.05) is 25.1 Å². The van der Waals surface area contributed by atoms with Crippen LogP contribution in [-0.2, 0) is 11.3 Å². The number of aromatic nitrogens is 1. The molecule has 1 N–H and O–H groups in total. The summed E-state index contributed by atoms with van der Waals surface area (Å²) in [5.41, 5.74) is 0.844. The molecular weight excluding hydrogens is 216 g/mol. The van der Waals surface area contributed by atoms with Gasteiger partial charge in [-0.25, -0.2) is 4.98 Å². The van der Waals surface area contributed by atoms with Gasteiger partial charge in [0.1, 0.15) is 5.82 Å². The normalized spacial score (nSPS) is 20.2. The number of pyridine rings is 1. The molecule has 0 aromatic carbocycles. The summed E-state index contributed by atoms with van der Waals surface area (Å²) in [5.74, 6) is 0.927. The van der Waals surface area contributed by atoms with Gasteiger partial charge in [0, 0.05) is 26.4 Å². The van der Waals surface area contributed by atoms with E-state index in [-0.39, 0.29) is 6.61 Å². The van der Waals surface area contributed by atoms with E-state index in [0.29, 0.717) is 6.10 Å². The van der Waals surface area contributed by atoms with Gasteiger partial charge < -0.3 is 14.7 Å². The molecule has 1 aromatic rings. The quantitative estimate of drug-likeness (QED) is 0.862. The lowest BCUT2D eigenvalue weighted by atomic mass is 10.1. The van der Waals surface area contributed by atoms with E-state index in [1.54, 1.807) is 6.20 Å². The van der Waals surface area contributed by atoms with Crippen LogP contribution in [0.1, 0.15) is 24.8 Å². The maximum atomic E-state index is 8.95. The van der Waals surface area contributed by atoms with Crippen molar-refractivity contribution in [3.05, 3.63) is 23.9 Å². The SMILES string of the molecule is CN(CC1CCCCO1)c1ccc(CO)cn1. The van der Waals surface area contributed by atoms with Crippen molar-refractivity contribution in [1.82, 2.24) is 4.98 Å². The second-order valence-electron chi connectivity index (χ2n) is 4.55. The predicted molar refractivity (Wildman–Crippen MR) is 67.0 cm³/mol. The van der Waals surface area contributed by atoms with E-state index < -0.39 is 0 Å². The molecule has 17 heavy (non-hydrogen) atoms. The number of rotatable bonds is 4. The molecule has 94 valence electrons. The van der Waals surface area contributed by atoms with E-state index in [2.05, 4.69) is 9.88 Å². The summed E-state index contributed by atoms with van der Waals surface area (Å²) >= 11 is 0. The monoisotopic (exact) mass is 236 g/mol. The van der Waals surface area contributed by atoms with Gasteiger partial charge in [0.2, 0.25) is 0 Å². The van der Waals surface area contributed by atoms with E-state index in [1.807, 2.05) is 19.2 Å². The Bertz CT molecular complexity index is 334. The molecule has 0 bridgehead atoms. The lowest BCUT2D eigenvalue weighted by Gasteiger charge is -2.28. The van der Waals surface area contributed by atoms with Crippen LogP contribution in [0.15, 0.2) is 18.3 Å². The van der Waals surface area contributed by atoms with Crippen molar-refractivity contribution in [1.29, 1.82) is 0 Å². The molecule has 2 rings (SSSR count). The van der Waals surface area contributed by atoms with Crippen molar-refractivity contribution >= 4 is 5.82 Å². The molecule has 2 heterocycles. The standard InChI is InChI=1S/C13H20N2O2/c1-15(9-12-4-2-3-7-17-12)13-6-5-11(10-16)8-14-13/h5-6,8,12,16H,2-4,7,9-10H2,1H3. The molecule has 1 saturated heterocycles. The number of aliphatic hydroxyl groups excluding tert-OH is 1. The molecule has 1 aromatic heterocycles. The van der Waals surface area contributed by atoms with E-state index in [1.165, 1.54) is 12.8 Å². The van der Waals surface area contributed by atoms with E-state index in [9.17, 15) is 0 Å². The maximum Gasteiger partial charge on any atom is 0.128 e. The average molecular weight is 236 g/mol. The van der Waals surface area contributed by atoms with Gasteiger partial charge in [0.15, 0.2) is 0 Å². The first-order valence-electron chi connectivity index (χ1n) is 6.18. The zero-order valence-corrected chi connectivity index (χ0v) is 10.3. The largest absolute Gasteiger partial charge is 0.392 e. The van der Waals surface area contributed by atoms with Crippen LogP contribution in [0.2, 0.25) is 0 Å². The van der Waals surface area contributed by atoms with Crippen LogP contribution in [-0.4, -0.2) is 36.4 Å². The van der Waals surface area contributed by atoms with Gasteiger partial charge in [0.25, 0.3) is 0 Å². The van der Waals surface area contributed by atoms with Gasteiger partial charge in [0.05, 0.1) is 12.7 Å². The second-order valence-corrected chi connectivity index (χ2v) is 4.55. The molecule has 0 spiro atoms. The number of likely N-dealkylation sites (N-methyl/N-ethyl adjacent to an activating group) is 1. The second kappa shape index (κ2) is 5.98. The Hall–Kier alpha value is -1.13. The minimum absolute atomic E-state index is 0.0444. The zero-order valence-electron chi connectivity index (χ0n) is 10.3. The molecule has 1 atom stereocenters. The smallest absolute Gasteiger partial charge is 0.128 e. The first kappa shape index (κ1) is 12.3. The summed E-state index contributed by atoms with van der Waals surface area (Å²) in [6, 6.07) is 3.84. The van der Waals surface area contributed by atoms with Crippen LogP contribution < -0.4 is 4.90 Å². The number of hydrogen-bond donors (Lipinski definition) is 1. The third-order valence-electron chi connectivity index (χ3n) is 3.13. The summed E-state index contributed by atoms with van der Waals surface area (Å²) in [4.78, 5) is 6.43. The van der Waals surface area contributed by atoms with Crippen LogP contribution >= 0.6 is 0 Å². The predicted octanol–water partition coefficient (Wildman–Crippen LogP) is 1.58. The lowest BCUT2D eigenvalue weighted by molar-refractivity contribution is 0.0215. The fourth-order valence-corrected chi connectivity index (χ4v) is 2.09. The molecule has 4 nitrogen and oxygen atoms in total. The van der Waals surface area contributed by atoms with Crippen LogP contribution in [0.3, 0.4) is 0 Å². The van der Waals surface area contributed by atoms with Gasteiger partial charge in [-0.05, 0) is 30.9 Å². The van der Waals surface area contributed by atoms with Gasteiger partial charge >= 0.3 is 0 Å². The molecule has 1 aliphatic rings. The summed E-state index contributed by atoms with van der Waals surface area (Å²) in [6.45, 7) is 1.81. The Morgan fingerprint density at radius 3 is 2.94 bits per heavy atom. The lowest BCUT2D eigenvalue weighted by Crippen LogP contribution is -2.33. The average Bonchev–Trinajstić information content (AvgIpc) is 2.40. The fraction of sp³-hybridized carbons (Fsp3) is 0.615. The minimum atomic E-state index is 0.0444. The van der Waals surface area contributed by atoms with E-state index in [0.717, 1.165) is 31.0 Å². The number of ether oxygens (including phenoxy) is 1. The highest BCUT2D eigenvalue weighted by Gasteiger charge is 2.16. The highest BCUT2D eigenvalue weighted by Crippen LogP contribution is 2.16. The van der Waals surface area contributed by atoms with Crippen LogP contribution in [0.4, 0.5) is 5.82 Å². The molecule has 0 radical (unpaired) electrons. The Labute approximate surface area is 102 Å². The number of aliphatic hydroxyl groups is 1. The van der Waals surface area contributed by atoms with Crippen LogP contribution in [0.5, 0.6) is 0 Å². The number of anilines is 1. The molecule has 4 heteroatoms. The van der Waals surface area contributed by atoms with E-state index >= 15 is 0 Å². The van der Waals surface area contributed by atoms with Crippen molar-refractivity contribution in [2.24, 2.45) is 0 Å².